The Balaban J connectivity index is 2.90. The molecule has 6 N–H and O–H groups in total. The maximum absolute atomic E-state index is 5.67. The van der Waals surface area contributed by atoms with Crippen LogP contribution in [0.5, 0.6) is 0 Å². The molecule has 12 heavy (non-hydrogen) atoms. The monoisotopic (exact) mass is 173 g/mol. The van der Waals surface area contributed by atoms with Gasteiger partial charge in [0.2, 0.25) is 0 Å². The highest BCUT2D eigenvalue weighted by atomic mass is 14.7. The molecule has 74 valence electrons. The fourth-order valence-corrected chi connectivity index (χ4v) is 1.20. The molecule has 3 heteroatoms. The van der Waals surface area contributed by atoms with Crippen LogP contribution in [0, 0.1) is 0 Å². The van der Waals surface area contributed by atoms with Gasteiger partial charge in [-0.15, -0.1) is 0 Å². The summed E-state index contributed by atoms with van der Waals surface area (Å²) in [5.41, 5.74) is 16.4. The Morgan fingerprint density at radius 2 is 1.42 bits per heavy atom. The Bertz CT molecular complexity index is 85.8. The predicted octanol–water partition coefficient (Wildman–Crippen LogP) is 0.572. The van der Waals surface area contributed by atoms with Gasteiger partial charge in [-0.25, -0.2) is 0 Å². The van der Waals surface area contributed by atoms with Gasteiger partial charge >= 0.3 is 0 Å². The van der Waals surface area contributed by atoms with E-state index in [0.717, 1.165) is 19.4 Å². The Morgan fingerprint density at radius 1 is 0.833 bits per heavy atom. The van der Waals surface area contributed by atoms with E-state index in [-0.39, 0.29) is 6.04 Å². The van der Waals surface area contributed by atoms with Crippen molar-refractivity contribution >= 4 is 0 Å². The van der Waals surface area contributed by atoms with Crippen molar-refractivity contribution in [2.45, 2.75) is 44.6 Å². The minimum atomic E-state index is 0.208. The first-order valence-electron chi connectivity index (χ1n) is 4.97. The van der Waals surface area contributed by atoms with Crippen LogP contribution >= 0.6 is 0 Å². The molecule has 1 atom stereocenters. The Labute approximate surface area is 75.7 Å². The molecule has 0 saturated heterocycles. The molecule has 0 spiro atoms. The van der Waals surface area contributed by atoms with Crippen LogP contribution in [0.1, 0.15) is 38.5 Å². The molecule has 0 radical (unpaired) electrons. The van der Waals surface area contributed by atoms with Gasteiger partial charge in [0.25, 0.3) is 0 Å². The first-order valence-corrected chi connectivity index (χ1v) is 4.97. The van der Waals surface area contributed by atoms with Gasteiger partial charge in [0.15, 0.2) is 0 Å². The Kier molecular flexibility index (Phi) is 8.88. The first-order chi connectivity index (χ1) is 5.81. The predicted molar refractivity (Wildman–Crippen MR) is 53.8 cm³/mol. The smallest absolute Gasteiger partial charge is 0.0163 e. The van der Waals surface area contributed by atoms with Crippen molar-refractivity contribution < 1.29 is 0 Å². The summed E-state index contributed by atoms with van der Waals surface area (Å²) >= 11 is 0. The zero-order chi connectivity index (χ0) is 9.23. The summed E-state index contributed by atoms with van der Waals surface area (Å²) in [4.78, 5) is 0. The molecule has 0 aliphatic carbocycles. The second-order valence-corrected chi connectivity index (χ2v) is 3.34. The minimum Gasteiger partial charge on any atom is -0.330 e. The van der Waals surface area contributed by atoms with E-state index in [1.54, 1.807) is 0 Å². The van der Waals surface area contributed by atoms with E-state index in [4.69, 9.17) is 17.2 Å². The second-order valence-electron chi connectivity index (χ2n) is 3.34. The highest BCUT2D eigenvalue weighted by Crippen LogP contribution is 2.05. The third kappa shape index (κ3) is 7.98. The molecule has 0 aliphatic rings. The Morgan fingerprint density at radius 3 is 2.00 bits per heavy atom. The van der Waals surface area contributed by atoms with E-state index >= 15 is 0 Å². The SMILES string of the molecule is NCCCCCCCC(N)CN. The van der Waals surface area contributed by atoms with Crippen LogP contribution in [0.15, 0.2) is 0 Å². The quantitative estimate of drug-likeness (QED) is 0.470. The van der Waals surface area contributed by atoms with Gasteiger partial charge in [-0.2, -0.15) is 0 Å². The molecule has 0 aromatic rings. The van der Waals surface area contributed by atoms with Crippen LogP contribution in [0.3, 0.4) is 0 Å². The highest BCUT2D eigenvalue weighted by molar-refractivity contribution is 4.60. The zero-order valence-electron chi connectivity index (χ0n) is 7.97. The third-order valence-electron chi connectivity index (χ3n) is 2.08. The Hall–Kier alpha value is -0.120. The summed E-state index contributed by atoms with van der Waals surface area (Å²) in [6.07, 6.45) is 7.25. The van der Waals surface area contributed by atoms with Crippen molar-refractivity contribution in [2.24, 2.45) is 17.2 Å². The summed E-state index contributed by atoms with van der Waals surface area (Å²) < 4.78 is 0. The van der Waals surface area contributed by atoms with E-state index in [1.165, 1.54) is 25.7 Å². The van der Waals surface area contributed by atoms with Gasteiger partial charge in [-0.1, -0.05) is 25.7 Å². The van der Waals surface area contributed by atoms with Crippen molar-refractivity contribution in [1.29, 1.82) is 0 Å². The lowest BCUT2D eigenvalue weighted by atomic mass is 10.1. The molecular formula is C9H23N3. The average Bonchev–Trinajstić information content (AvgIpc) is 2.10. The number of nitrogens with two attached hydrogens (primary N) is 3. The van der Waals surface area contributed by atoms with Crippen molar-refractivity contribution in [3.05, 3.63) is 0 Å². The van der Waals surface area contributed by atoms with Crippen molar-refractivity contribution in [2.75, 3.05) is 13.1 Å². The van der Waals surface area contributed by atoms with Crippen molar-refractivity contribution in [1.82, 2.24) is 0 Å². The lowest BCUT2D eigenvalue weighted by Gasteiger charge is -2.07. The fraction of sp³-hybridized carbons (Fsp3) is 1.00. The van der Waals surface area contributed by atoms with Crippen LogP contribution < -0.4 is 17.2 Å². The van der Waals surface area contributed by atoms with Crippen LogP contribution in [-0.2, 0) is 0 Å². The first kappa shape index (κ1) is 11.9. The van der Waals surface area contributed by atoms with Crippen LogP contribution in [-0.4, -0.2) is 19.1 Å². The maximum atomic E-state index is 5.67. The highest BCUT2D eigenvalue weighted by Gasteiger charge is 1.97. The van der Waals surface area contributed by atoms with Gasteiger partial charge in [-0.3, -0.25) is 0 Å². The lowest BCUT2D eigenvalue weighted by molar-refractivity contribution is 0.542. The summed E-state index contributed by atoms with van der Waals surface area (Å²) in [5.74, 6) is 0. The third-order valence-corrected chi connectivity index (χ3v) is 2.08. The zero-order valence-corrected chi connectivity index (χ0v) is 7.97. The molecule has 3 nitrogen and oxygen atoms in total. The van der Waals surface area contributed by atoms with Gasteiger partial charge in [0, 0.05) is 12.6 Å². The number of hydrogen-bond donors (Lipinski definition) is 3. The summed E-state index contributed by atoms with van der Waals surface area (Å²) in [6.45, 7) is 1.44. The standard InChI is InChI=1S/C9H23N3/c10-7-5-3-1-2-4-6-9(12)8-11/h9H,1-8,10-12H2. The van der Waals surface area contributed by atoms with Gasteiger partial charge in [0.05, 0.1) is 0 Å². The summed E-state index contributed by atoms with van der Waals surface area (Å²) in [6, 6.07) is 0.208. The van der Waals surface area contributed by atoms with Gasteiger partial charge in [-0.05, 0) is 19.4 Å². The van der Waals surface area contributed by atoms with E-state index in [1.807, 2.05) is 0 Å². The molecule has 0 bridgehead atoms. The maximum Gasteiger partial charge on any atom is 0.0163 e. The van der Waals surface area contributed by atoms with Crippen LogP contribution in [0.2, 0.25) is 0 Å². The molecule has 0 aliphatic heterocycles. The topological polar surface area (TPSA) is 78.1 Å². The fourth-order valence-electron chi connectivity index (χ4n) is 1.20. The van der Waals surface area contributed by atoms with Crippen molar-refractivity contribution in [3.63, 3.8) is 0 Å². The molecule has 0 fully saturated rings. The van der Waals surface area contributed by atoms with Gasteiger partial charge in [0.1, 0.15) is 0 Å². The molecular weight excluding hydrogens is 150 g/mol. The number of hydrogen-bond acceptors (Lipinski definition) is 3. The number of unbranched alkanes of at least 4 members (excludes halogenated alkanes) is 4. The molecule has 0 rings (SSSR count). The largest absolute Gasteiger partial charge is 0.330 e. The van der Waals surface area contributed by atoms with Crippen molar-refractivity contribution in [3.8, 4) is 0 Å². The normalized spacial score (nSPS) is 13.2. The van der Waals surface area contributed by atoms with Crippen LogP contribution in [0.4, 0.5) is 0 Å². The second kappa shape index (κ2) is 8.97. The van der Waals surface area contributed by atoms with E-state index in [0.29, 0.717) is 6.54 Å². The summed E-state index contributed by atoms with van der Waals surface area (Å²) in [5, 5.41) is 0. The summed E-state index contributed by atoms with van der Waals surface area (Å²) in [7, 11) is 0. The van der Waals surface area contributed by atoms with E-state index in [9.17, 15) is 0 Å². The molecule has 0 amide bonds. The number of rotatable bonds is 8. The molecule has 1 unspecified atom stereocenters. The molecule has 0 aromatic carbocycles. The van der Waals surface area contributed by atoms with Crippen LogP contribution in [0.25, 0.3) is 0 Å². The average molecular weight is 173 g/mol. The minimum absolute atomic E-state index is 0.208. The van der Waals surface area contributed by atoms with Gasteiger partial charge < -0.3 is 17.2 Å². The molecule has 0 aromatic heterocycles. The molecule has 0 heterocycles. The molecule has 0 saturated carbocycles. The van der Waals surface area contributed by atoms with E-state index < -0.39 is 0 Å². The van der Waals surface area contributed by atoms with E-state index in [2.05, 4.69) is 0 Å². The lowest BCUT2D eigenvalue weighted by Crippen LogP contribution is -2.29.